The number of carbonyl (C=O) groups excluding carboxylic acids is 1. The summed E-state index contributed by atoms with van der Waals surface area (Å²) in [6.07, 6.45) is 5.55. The Hall–Kier alpha value is -1.16. The van der Waals surface area contributed by atoms with Gasteiger partial charge in [-0.15, -0.1) is 0 Å². The molecule has 0 saturated heterocycles. The van der Waals surface area contributed by atoms with Crippen molar-refractivity contribution in [3.63, 3.8) is 0 Å². The predicted molar refractivity (Wildman–Crippen MR) is 80.7 cm³/mol. The SMILES string of the molecule is O=C(CCCS(=O)(=O)C1CCCCC1)c1ccccc1. The van der Waals surface area contributed by atoms with E-state index < -0.39 is 9.84 Å². The molecular weight excluding hydrogens is 272 g/mol. The summed E-state index contributed by atoms with van der Waals surface area (Å²) in [6, 6.07) is 9.07. The highest BCUT2D eigenvalue weighted by Gasteiger charge is 2.26. The molecule has 1 aliphatic rings. The summed E-state index contributed by atoms with van der Waals surface area (Å²) >= 11 is 0. The van der Waals surface area contributed by atoms with Crippen LogP contribution in [-0.2, 0) is 9.84 Å². The molecule has 110 valence electrons. The topological polar surface area (TPSA) is 51.2 Å². The van der Waals surface area contributed by atoms with Crippen LogP contribution in [0.5, 0.6) is 0 Å². The van der Waals surface area contributed by atoms with Crippen LogP contribution in [0.4, 0.5) is 0 Å². The number of hydrogen-bond donors (Lipinski definition) is 0. The van der Waals surface area contributed by atoms with E-state index in [1.807, 2.05) is 18.2 Å². The number of hydrogen-bond acceptors (Lipinski definition) is 3. The third kappa shape index (κ3) is 4.17. The zero-order valence-corrected chi connectivity index (χ0v) is 12.6. The van der Waals surface area contributed by atoms with Gasteiger partial charge < -0.3 is 0 Å². The van der Waals surface area contributed by atoms with E-state index in [9.17, 15) is 13.2 Å². The van der Waals surface area contributed by atoms with Crippen molar-refractivity contribution in [1.82, 2.24) is 0 Å². The van der Waals surface area contributed by atoms with Crippen molar-refractivity contribution in [2.45, 2.75) is 50.2 Å². The Balaban J connectivity index is 1.81. The average molecular weight is 294 g/mol. The van der Waals surface area contributed by atoms with Crippen molar-refractivity contribution in [2.24, 2.45) is 0 Å². The number of benzene rings is 1. The summed E-state index contributed by atoms with van der Waals surface area (Å²) in [5.74, 6) is 0.181. The standard InChI is InChI=1S/C16H22O3S/c17-16(14-8-3-1-4-9-14)12-7-13-20(18,19)15-10-5-2-6-11-15/h1,3-4,8-9,15H,2,5-7,10-13H2. The second kappa shape index (κ2) is 7.02. The van der Waals surface area contributed by atoms with Crippen molar-refractivity contribution in [1.29, 1.82) is 0 Å². The van der Waals surface area contributed by atoms with Crippen LogP contribution in [0.15, 0.2) is 30.3 Å². The molecule has 0 radical (unpaired) electrons. The molecule has 20 heavy (non-hydrogen) atoms. The van der Waals surface area contributed by atoms with Gasteiger partial charge in [0.2, 0.25) is 0 Å². The van der Waals surface area contributed by atoms with Crippen molar-refractivity contribution < 1.29 is 13.2 Å². The monoisotopic (exact) mass is 294 g/mol. The van der Waals surface area contributed by atoms with E-state index in [2.05, 4.69) is 0 Å². The van der Waals surface area contributed by atoms with Crippen LogP contribution in [0.3, 0.4) is 0 Å². The molecule has 0 atom stereocenters. The first-order valence-electron chi connectivity index (χ1n) is 7.39. The lowest BCUT2D eigenvalue weighted by atomic mass is 10.0. The molecule has 1 fully saturated rings. The summed E-state index contributed by atoms with van der Waals surface area (Å²) in [5, 5.41) is -0.164. The van der Waals surface area contributed by atoms with Crippen LogP contribution < -0.4 is 0 Å². The van der Waals surface area contributed by atoms with Crippen molar-refractivity contribution in [3.05, 3.63) is 35.9 Å². The number of carbonyl (C=O) groups is 1. The summed E-state index contributed by atoms with van der Waals surface area (Å²) in [6.45, 7) is 0. The lowest BCUT2D eigenvalue weighted by molar-refractivity contribution is 0.0982. The molecule has 4 heteroatoms. The van der Waals surface area contributed by atoms with Crippen LogP contribution in [0, 0.1) is 0 Å². The van der Waals surface area contributed by atoms with Gasteiger partial charge >= 0.3 is 0 Å². The number of ketones is 1. The molecule has 0 heterocycles. The van der Waals surface area contributed by atoms with Gasteiger partial charge in [0.05, 0.1) is 11.0 Å². The molecule has 1 aromatic carbocycles. The highest BCUT2D eigenvalue weighted by atomic mass is 32.2. The molecule has 0 N–H and O–H groups in total. The molecule has 0 unspecified atom stereocenters. The first-order chi connectivity index (χ1) is 9.59. The van der Waals surface area contributed by atoms with Gasteiger partial charge in [0.25, 0.3) is 0 Å². The lowest BCUT2D eigenvalue weighted by Crippen LogP contribution is -2.26. The fourth-order valence-corrected chi connectivity index (χ4v) is 4.72. The Morgan fingerprint density at radius 3 is 2.35 bits per heavy atom. The molecule has 0 bridgehead atoms. The number of Topliss-reactive ketones (excluding diaryl/α,β-unsaturated/α-hetero) is 1. The minimum absolute atomic E-state index is 0.0319. The van der Waals surface area contributed by atoms with Gasteiger partial charge in [-0.25, -0.2) is 8.42 Å². The number of sulfone groups is 1. The third-order valence-corrected chi connectivity index (χ3v) is 6.33. The van der Waals surface area contributed by atoms with Crippen LogP contribution in [0.2, 0.25) is 0 Å². The van der Waals surface area contributed by atoms with Gasteiger partial charge in [-0.2, -0.15) is 0 Å². The molecular formula is C16H22O3S. The van der Waals surface area contributed by atoms with E-state index in [-0.39, 0.29) is 16.8 Å². The second-order valence-electron chi connectivity index (χ2n) is 5.52. The molecule has 0 amide bonds. The van der Waals surface area contributed by atoms with Gasteiger partial charge in [-0.1, -0.05) is 49.6 Å². The normalized spacial score (nSPS) is 17.0. The lowest BCUT2D eigenvalue weighted by Gasteiger charge is -2.21. The van der Waals surface area contributed by atoms with Gasteiger partial charge in [0, 0.05) is 12.0 Å². The van der Waals surface area contributed by atoms with Gasteiger partial charge in [-0.3, -0.25) is 4.79 Å². The summed E-state index contributed by atoms with van der Waals surface area (Å²) < 4.78 is 24.4. The minimum atomic E-state index is -3.01. The Labute approximate surface area is 121 Å². The summed E-state index contributed by atoms with van der Waals surface area (Å²) in [4.78, 5) is 11.9. The van der Waals surface area contributed by atoms with Crippen LogP contribution in [0.1, 0.15) is 55.3 Å². The van der Waals surface area contributed by atoms with E-state index in [1.165, 1.54) is 0 Å². The Bertz CT molecular complexity index is 528. The largest absolute Gasteiger partial charge is 0.294 e. The van der Waals surface area contributed by atoms with Crippen LogP contribution in [0.25, 0.3) is 0 Å². The molecule has 1 saturated carbocycles. The minimum Gasteiger partial charge on any atom is -0.294 e. The highest BCUT2D eigenvalue weighted by Crippen LogP contribution is 2.24. The van der Waals surface area contributed by atoms with E-state index in [4.69, 9.17) is 0 Å². The van der Waals surface area contributed by atoms with Crippen molar-refractivity contribution in [3.8, 4) is 0 Å². The maximum Gasteiger partial charge on any atom is 0.162 e. The Morgan fingerprint density at radius 1 is 1.05 bits per heavy atom. The Morgan fingerprint density at radius 2 is 1.70 bits per heavy atom. The van der Waals surface area contributed by atoms with Crippen molar-refractivity contribution in [2.75, 3.05) is 5.75 Å². The number of rotatable bonds is 6. The third-order valence-electron chi connectivity index (χ3n) is 3.99. The molecule has 1 aromatic rings. The van der Waals surface area contributed by atoms with Crippen LogP contribution in [-0.4, -0.2) is 25.2 Å². The first kappa shape index (κ1) is 15.2. The summed E-state index contributed by atoms with van der Waals surface area (Å²) in [5.41, 5.74) is 0.669. The van der Waals surface area contributed by atoms with Gasteiger partial charge in [0.1, 0.15) is 0 Å². The highest BCUT2D eigenvalue weighted by molar-refractivity contribution is 7.92. The Kier molecular flexibility index (Phi) is 5.35. The maximum atomic E-state index is 12.2. The zero-order valence-electron chi connectivity index (χ0n) is 11.8. The van der Waals surface area contributed by atoms with E-state index in [0.717, 1.165) is 32.1 Å². The predicted octanol–water partition coefficient (Wildman–Crippen LogP) is 3.40. The molecule has 0 spiro atoms. The molecule has 3 nitrogen and oxygen atoms in total. The van der Waals surface area contributed by atoms with Crippen LogP contribution >= 0.6 is 0 Å². The smallest absolute Gasteiger partial charge is 0.162 e. The average Bonchev–Trinajstić information content (AvgIpc) is 2.49. The zero-order chi connectivity index (χ0) is 14.4. The van der Waals surface area contributed by atoms with E-state index in [0.29, 0.717) is 18.4 Å². The summed E-state index contributed by atoms with van der Waals surface area (Å²) in [7, 11) is -3.01. The fourth-order valence-electron chi connectivity index (χ4n) is 2.79. The second-order valence-corrected chi connectivity index (χ2v) is 7.92. The molecule has 0 aromatic heterocycles. The van der Waals surface area contributed by atoms with E-state index in [1.54, 1.807) is 12.1 Å². The molecule has 0 aliphatic heterocycles. The molecule has 2 rings (SSSR count). The molecule has 1 aliphatic carbocycles. The van der Waals surface area contributed by atoms with Gasteiger partial charge in [-0.05, 0) is 19.3 Å². The van der Waals surface area contributed by atoms with Gasteiger partial charge in [0.15, 0.2) is 15.6 Å². The van der Waals surface area contributed by atoms with Crippen molar-refractivity contribution >= 4 is 15.6 Å². The fraction of sp³-hybridized carbons (Fsp3) is 0.562. The maximum absolute atomic E-state index is 12.2. The first-order valence-corrected chi connectivity index (χ1v) is 9.11. The van der Waals surface area contributed by atoms with E-state index >= 15 is 0 Å². The quantitative estimate of drug-likeness (QED) is 0.756.